The van der Waals surface area contributed by atoms with Crippen molar-refractivity contribution in [1.82, 2.24) is 10.3 Å². The van der Waals surface area contributed by atoms with Gasteiger partial charge < -0.3 is 15.2 Å². The Kier molecular flexibility index (Phi) is 7.94. The third-order valence-corrected chi connectivity index (χ3v) is 12.1. The maximum absolute atomic E-state index is 12.2. The van der Waals surface area contributed by atoms with Gasteiger partial charge in [-0.1, -0.05) is 38.7 Å². The third-order valence-electron chi connectivity index (χ3n) is 12.1. The zero-order chi connectivity index (χ0) is 27.0. The highest BCUT2D eigenvalue weighted by molar-refractivity contribution is 5.91. The number of hydrogen-bond donors (Lipinski definition) is 2. The first kappa shape index (κ1) is 27.4. The second-order valence-corrected chi connectivity index (χ2v) is 13.8. The summed E-state index contributed by atoms with van der Waals surface area (Å²) in [7, 11) is 0. The third kappa shape index (κ3) is 5.12. The maximum atomic E-state index is 12.2. The van der Waals surface area contributed by atoms with Crippen molar-refractivity contribution >= 4 is 5.78 Å². The number of carbonyl (C=O) groups is 1. The highest BCUT2D eigenvalue weighted by Crippen LogP contribution is 2.66. The van der Waals surface area contributed by atoms with E-state index in [1.165, 1.54) is 56.1 Å². The molecule has 2 N–H and O–H groups in total. The molecule has 1 heterocycles. The Morgan fingerprint density at radius 3 is 2.72 bits per heavy atom. The van der Waals surface area contributed by atoms with Crippen LogP contribution >= 0.6 is 0 Å². The number of pyridine rings is 1. The average Bonchev–Trinajstić information content (AvgIpc) is 3.29. The molecule has 0 bridgehead atoms. The quantitative estimate of drug-likeness (QED) is 0.372. The second-order valence-electron chi connectivity index (χ2n) is 13.8. The van der Waals surface area contributed by atoms with E-state index in [0.717, 1.165) is 50.7 Å². The SMILES string of the molecule is CCC(NC1CCCCC1)c1cncc(OCC[C@]23CCC4C(CCC5=CC(=O)CC[C@@]54C)C2CCC3O)c1. The predicted octanol–water partition coefficient (Wildman–Crippen LogP) is 7.10. The van der Waals surface area contributed by atoms with Gasteiger partial charge in [-0.05, 0) is 112 Å². The molecule has 39 heavy (non-hydrogen) atoms. The van der Waals surface area contributed by atoms with Gasteiger partial charge in [-0.15, -0.1) is 0 Å². The molecule has 4 saturated carbocycles. The topological polar surface area (TPSA) is 71.5 Å². The molecule has 1 aromatic heterocycles. The number of rotatable bonds is 8. The van der Waals surface area contributed by atoms with E-state index in [-0.39, 0.29) is 16.9 Å². The van der Waals surface area contributed by atoms with Crippen LogP contribution in [0.2, 0.25) is 0 Å². The minimum atomic E-state index is -0.224. The molecule has 0 aliphatic heterocycles. The zero-order valence-corrected chi connectivity index (χ0v) is 24.3. The summed E-state index contributed by atoms with van der Waals surface area (Å²) in [6.45, 7) is 5.33. The highest BCUT2D eigenvalue weighted by Gasteiger charge is 2.60. The molecule has 0 radical (unpaired) electrons. The number of aromatic nitrogens is 1. The summed E-state index contributed by atoms with van der Waals surface area (Å²) in [4.78, 5) is 16.7. The molecule has 5 heteroatoms. The van der Waals surface area contributed by atoms with Gasteiger partial charge in [0.15, 0.2) is 5.78 Å². The molecule has 5 unspecified atom stereocenters. The van der Waals surface area contributed by atoms with Crippen LogP contribution in [-0.2, 0) is 4.79 Å². The van der Waals surface area contributed by atoms with Crippen LogP contribution in [0.15, 0.2) is 30.1 Å². The number of aliphatic hydroxyl groups excluding tert-OH is 1. The zero-order valence-electron chi connectivity index (χ0n) is 24.3. The number of nitrogens with zero attached hydrogens (tertiary/aromatic N) is 1. The Bertz CT molecular complexity index is 1060. The van der Waals surface area contributed by atoms with Gasteiger partial charge in [-0.3, -0.25) is 9.78 Å². The van der Waals surface area contributed by atoms with Gasteiger partial charge in [-0.2, -0.15) is 0 Å². The van der Waals surface area contributed by atoms with Crippen molar-refractivity contribution in [2.24, 2.45) is 28.6 Å². The number of allylic oxidation sites excluding steroid dienone is 1. The first-order chi connectivity index (χ1) is 18.9. The number of aliphatic hydroxyl groups is 1. The van der Waals surface area contributed by atoms with Gasteiger partial charge in [0.05, 0.1) is 18.9 Å². The Hall–Kier alpha value is -1.72. The summed E-state index contributed by atoms with van der Waals surface area (Å²) in [5.74, 6) is 3.07. The van der Waals surface area contributed by atoms with Crippen LogP contribution < -0.4 is 10.1 Å². The molecular formula is C34H50N2O3. The summed E-state index contributed by atoms with van der Waals surface area (Å²) >= 11 is 0. The Balaban J connectivity index is 1.12. The van der Waals surface area contributed by atoms with Crippen LogP contribution in [0.5, 0.6) is 5.75 Å². The second kappa shape index (κ2) is 11.3. The normalized spacial score (nSPS) is 37.4. The molecule has 4 fully saturated rings. The summed E-state index contributed by atoms with van der Waals surface area (Å²) in [6, 6.07) is 3.13. The molecule has 5 aliphatic carbocycles. The van der Waals surface area contributed by atoms with Gasteiger partial charge in [0.25, 0.3) is 0 Å². The fourth-order valence-corrected chi connectivity index (χ4v) is 9.89. The molecule has 0 saturated heterocycles. The van der Waals surface area contributed by atoms with E-state index in [4.69, 9.17) is 4.74 Å². The van der Waals surface area contributed by atoms with E-state index in [1.54, 1.807) is 0 Å². The maximum Gasteiger partial charge on any atom is 0.155 e. The van der Waals surface area contributed by atoms with E-state index in [1.807, 2.05) is 18.5 Å². The lowest BCUT2D eigenvalue weighted by molar-refractivity contribution is -0.118. The van der Waals surface area contributed by atoms with Crippen molar-refractivity contribution in [2.45, 2.75) is 128 Å². The average molecular weight is 535 g/mol. The van der Waals surface area contributed by atoms with Crippen LogP contribution in [0, 0.1) is 28.6 Å². The number of ether oxygens (including phenoxy) is 1. The monoisotopic (exact) mass is 534 g/mol. The van der Waals surface area contributed by atoms with Crippen molar-refractivity contribution in [3.63, 3.8) is 0 Å². The molecule has 0 aromatic carbocycles. The van der Waals surface area contributed by atoms with Crippen LogP contribution in [0.1, 0.15) is 122 Å². The summed E-state index contributed by atoms with van der Waals surface area (Å²) < 4.78 is 6.39. The highest BCUT2D eigenvalue weighted by atomic mass is 16.5. The van der Waals surface area contributed by atoms with Gasteiger partial charge in [-0.25, -0.2) is 0 Å². The molecule has 0 amide bonds. The summed E-state index contributed by atoms with van der Waals surface area (Å²) in [6.07, 6.45) is 22.5. The van der Waals surface area contributed by atoms with E-state index in [0.29, 0.717) is 48.6 Å². The van der Waals surface area contributed by atoms with Crippen LogP contribution in [0.4, 0.5) is 0 Å². The fraction of sp³-hybridized carbons (Fsp3) is 0.765. The van der Waals surface area contributed by atoms with Crippen molar-refractivity contribution < 1.29 is 14.6 Å². The fourth-order valence-electron chi connectivity index (χ4n) is 9.89. The minimum absolute atomic E-state index is 0.0250. The van der Waals surface area contributed by atoms with E-state index in [2.05, 4.69) is 30.2 Å². The number of nitrogens with one attached hydrogen (secondary N) is 1. The van der Waals surface area contributed by atoms with Crippen LogP contribution in [0.25, 0.3) is 0 Å². The van der Waals surface area contributed by atoms with Crippen molar-refractivity contribution in [3.05, 3.63) is 35.7 Å². The number of hydrogen-bond acceptors (Lipinski definition) is 5. The number of fused-ring (bicyclic) bond motifs is 5. The van der Waals surface area contributed by atoms with Gasteiger partial charge in [0, 0.05) is 30.1 Å². The molecule has 0 spiro atoms. The first-order valence-corrected chi connectivity index (χ1v) is 16.2. The summed E-state index contributed by atoms with van der Waals surface area (Å²) in [5.41, 5.74) is 2.80. The van der Waals surface area contributed by atoms with E-state index < -0.39 is 0 Å². The molecular weight excluding hydrogens is 484 g/mol. The molecule has 1 aromatic rings. The van der Waals surface area contributed by atoms with Gasteiger partial charge in [0.2, 0.25) is 0 Å². The lowest BCUT2D eigenvalue weighted by Gasteiger charge is -2.58. The molecule has 5 nitrogen and oxygen atoms in total. The Labute approximate surface area is 235 Å². The Morgan fingerprint density at radius 2 is 1.90 bits per heavy atom. The van der Waals surface area contributed by atoms with E-state index >= 15 is 0 Å². The molecule has 5 aliphatic rings. The smallest absolute Gasteiger partial charge is 0.155 e. The van der Waals surface area contributed by atoms with Crippen molar-refractivity contribution in [3.8, 4) is 5.75 Å². The Morgan fingerprint density at radius 1 is 1.05 bits per heavy atom. The summed E-state index contributed by atoms with van der Waals surface area (Å²) in [5, 5.41) is 15.3. The van der Waals surface area contributed by atoms with Crippen LogP contribution in [0.3, 0.4) is 0 Å². The molecule has 7 atom stereocenters. The predicted molar refractivity (Wildman–Crippen MR) is 154 cm³/mol. The van der Waals surface area contributed by atoms with Gasteiger partial charge >= 0.3 is 0 Å². The lowest BCUT2D eigenvalue weighted by Crippen LogP contribution is -2.52. The van der Waals surface area contributed by atoms with Crippen molar-refractivity contribution in [1.29, 1.82) is 0 Å². The van der Waals surface area contributed by atoms with Crippen molar-refractivity contribution in [2.75, 3.05) is 6.61 Å². The lowest BCUT2D eigenvalue weighted by atomic mass is 9.46. The first-order valence-electron chi connectivity index (χ1n) is 16.2. The minimum Gasteiger partial charge on any atom is -0.492 e. The van der Waals surface area contributed by atoms with Gasteiger partial charge in [0.1, 0.15) is 5.75 Å². The number of carbonyl (C=O) groups excluding carboxylic acids is 1. The molecule has 6 rings (SSSR count). The van der Waals surface area contributed by atoms with E-state index in [9.17, 15) is 9.90 Å². The van der Waals surface area contributed by atoms with Crippen LogP contribution in [-0.4, -0.2) is 34.6 Å². The molecule has 214 valence electrons. The number of ketones is 1. The largest absolute Gasteiger partial charge is 0.492 e. The standard InChI is InChI=1S/C34H50N2O3/c1-3-31(36-25-7-5-4-6-8-25)23-19-27(22-35-21-23)39-18-17-34-16-14-29-28(30(34)11-12-32(34)38)10-9-24-20-26(37)13-15-33(24,29)2/h19-22,25,28-32,36,38H,3-18H2,1-2H3/t28?,29?,30?,31?,32?,33-,34+/m0/s1.